The number of nitrogens with two attached hydrogens (primary N) is 1. The van der Waals surface area contributed by atoms with E-state index in [9.17, 15) is 4.79 Å². The summed E-state index contributed by atoms with van der Waals surface area (Å²) in [6.07, 6.45) is 6.25. The van der Waals surface area contributed by atoms with E-state index >= 15 is 0 Å². The number of hydrogen-bond donors (Lipinski definition) is 1. The first-order valence-electron chi connectivity index (χ1n) is 10.9. The van der Waals surface area contributed by atoms with Crippen LogP contribution in [0.15, 0.2) is 12.1 Å². The monoisotopic (exact) mass is 387 g/mol. The highest BCUT2D eigenvalue weighted by molar-refractivity contribution is 5.79. The molecule has 2 heterocycles. The van der Waals surface area contributed by atoms with Gasteiger partial charge in [-0.3, -0.25) is 4.79 Å². The molecule has 1 aromatic carbocycles. The van der Waals surface area contributed by atoms with E-state index in [1.165, 1.54) is 36.2 Å². The van der Waals surface area contributed by atoms with Gasteiger partial charge in [0.2, 0.25) is 0 Å². The summed E-state index contributed by atoms with van der Waals surface area (Å²) in [5, 5.41) is 0. The van der Waals surface area contributed by atoms with Crippen molar-refractivity contribution < 1.29 is 9.53 Å². The number of ether oxygens (including phenoxy) is 1. The molecule has 156 valence electrons. The van der Waals surface area contributed by atoms with E-state index in [4.69, 9.17) is 10.5 Å². The standard InChI is InChI=1S/C23H37N3O2/c1-17-20(25-13-5-6-14-25)11-10-19(24)22(17)26-15-7-8-18(16-26)9-12-21(27)28-23(2,3)4/h10-11,18H,5-9,12-16,24H2,1-4H3/t18-/m0/s1. The molecule has 0 bridgehead atoms. The molecule has 2 fully saturated rings. The van der Waals surface area contributed by atoms with Crippen LogP contribution in [0.1, 0.15) is 64.9 Å². The lowest BCUT2D eigenvalue weighted by atomic mass is 9.92. The van der Waals surface area contributed by atoms with Crippen LogP contribution in [0, 0.1) is 12.8 Å². The second-order valence-electron chi connectivity index (χ2n) is 9.42. The van der Waals surface area contributed by atoms with E-state index in [0.29, 0.717) is 12.3 Å². The summed E-state index contributed by atoms with van der Waals surface area (Å²) in [5.74, 6) is 0.423. The van der Waals surface area contributed by atoms with Crippen molar-refractivity contribution in [1.29, 1.82) is 0 Å². The zero-order chi connectivity index (χ0) is 20.3. The number of hydrogen-bond acceptors (Lipinski definition) is 5. The third-order valence-electron chi connectivity index (χ3n) is 5.89. The average molecular weight is 388 g/mol. The van der Waals surface area contributed by atoms with Crippen LogP contribution in [0.25, 0.3) is 0 Å². The van der Waals surface area contributed by atoms with Gasteiger partial charge in [0.05, 0.1) is 11.4 Å². The number of rotatable bonds is 5. The fourth-order valence-corrected chi connectivity index (χ4v) is 4.65. The highest BCUT2D eigenvalue weighted by atomic mass is 16.6. The number of carbonyl (C=O) groups excluding carboxylic acids is 1. The summed E-state index contributed by atoms with van der Waals surface area (Å²) in [7, 11) is 0. The molecule has 0 aromatic heterocycles. The number of esters is 1. The van der Waals surface area contributed by atoms with Gasteiger partial charge in [-0.2, -0.15) is 0 Å². The van der Waals surface area contributed by atoms with Crippen LogP contribution >= 0.6 is 0 Å². The van der Waals surface area contributed by atoms with Crippen molar-refractivity contribution >= 4 is 23.0 Å². The maximum absolute atomic E-state index is 12.1. The molecule has 1 aromatic rings. The molecule has 2 aliphatic rings. The Bertz CT molecular complexity index is 690. The molecule has 0 unspecified atom stereocenters. The van der Waals surface area contributed by atoms with Crippen molar-refractivity contribution in [2.75, 3.05) is 41.7 Å². The van der Waals surface area contributed by atoms with E-state index in [-0.39, 0.29) is 5.97 Å². The van der Waals surface area contributed by atoms with Crippen molar-refractivity contribution in [3.05, 3.63) is 17.7 Å². The quantitative estimate of drug-likeness (QED) is 0.595. The van der Waals surface area contributed by atoms with Gasteiger partial charge in [-0.15, -0.1) is 0 Å². The molecular formula is C23H37N3O2. The molecule has 0 saturated carbocycles. The summed E-state index contributed by atoms with van der Waals surface area (Å²) in [5.41, 5.74) is 10.7. The van der Waals surface area contributed by atoms with Crippen LogP contribution in [0.3, 0.4) is 0 Å². The highest BCUT2D eigenvalue weighted by Gasteiger charge is 2.26. The summed E-state index contributed by atoms with van der Waals surface area (Å²) < 4.78 is 5.47. The Morgan fingerprint density at radius 1 is 1.14 bits per heavy atom. The van der Waals surface area contributed by atoms with Crippen molar-refractivity contribution in [3.63, 3.8) is 0 Å². The van der Waals surface area contributed by atoms with Gasteiger partial charge in [-0.1, -0.05) is 0 Å². The van der Waals surface area contributed by atoms with Gasteiger partial charge in [-0.25, -0.2) is 0 Å². The zero-order valence-corrected chi connectivity index (χ0v) is 18.1. The minimum Gasteiger partial charge on any atom is -0.460 e. The topological polar surface area (TPSA) is 58.8 Å². The average Bonchev–Trinajstić information content (AvgIpc) is 3.13. The van der Waals surface area contributed by atoms with Crippen LogP contribution in [0.5, 0.6) is 0 Å². The fraction of sp³-hybridized carbons (Fsp3) is 0.696. The molecule has 3 rings (SSSR count). The van der Waals surface area contributed by atoms with Crippen LogP contribution < -0.4 is 15.5 Å². The molecule has 2 N–H and O–H groups in total. The van der Waals surface area contributed by atoms with Gasteiger partial charge in [0, 0.05) is 38.3 Å². The minimum atomic E-state index is -0.405. The lowest BCUT2D eigenvalue weighted by Crippen LogP contribution is -2.37. The van der Waals surface area contributed by atoms with Crippen LogP contribution in [0.2, 0.25) is 0 Å². The van der Waals surface area contributed by atoms with E-state index in [1.807, 2.05) is 20.8 Å². The van der Waals surface area contributed by atoms with E-state index in [0.717, 1.165) is 44.7 Å². The molecule has 0 spiro atoms. The largest absolute Gasteiger partial charge is 0.460 e. The van der Waals surface area contributed by atoms with Crippen LogP contribution in [-0.4, -0.2) is 37.7 Å². The lowest BCUT2D eigenvalue weighted by Gasteiger charge is -2.37. The molecular weight excluding hydrogens is 350 g/mol. The number of nitrogens with zero attached hydrogens (tertiary/aromatic N) is 2. The van der Waals surface area contributed by atoms with Crippen LogP contribution in [-0.2, 0) is 9.53 Å². The second kappa shape index (κ2) is 8.62. The first-order valence-corrected chi connectivity index (χ1v) is 10.9. The smallest absolute Gasteiger partial charge is 0.306 e. The summed E-state index contributed by atoms with van der Waals surface area (Å²) in [6, 6.07) is 4.25. The van der Waals surface area contributed by atoms with Gasteiger partial charge in [0.25, 0.3) is 0 Å². The molecule has 2 aliphatic heterocycles. The Morgan fingerprint density at radius 2 is 1.82 bits per heavy atom. The van der Waals surface area contributed by atoms with E-state index in [2.05, 4.69) is 28.9 Å². The zero-order valence-electron chi connectivity index (χ0n) is 18.1. The van der Waals surface area contributed by atoms with Gasteiger partial charge in [0.15, 0.2) is 0 Å². The predicted octanol–water partition coefficient (Wildman–Crippen LogP) is 4.52. The highest BCUT2D eigenvalue weighted by Crippen LogP contribution is 2.38. The molecule has 5 nitrogen and oxygen atoms in total. The fourth-order valence-electron chi connectivity index (χ4n) is 4.65. The number of anilines is 3. The summed E-state index contributed by atoms with van der Waals surface area (Å²) >= 11 is 0. The predicted molar refractivity (Wildman–Crippen MR) is 117 cm³/mol. The first-order chi connectivity index (χ1) is 13.2. The Morgan fingerprint density at radius 3 is 2.50 bits per heavy atom. The van der Waals surface area contributed by atoms with Gasteiger partial charge < -0.3 is 20.3 Å². The number of piperidine rings is 1. The van der Waals surface area contributed by atoms with E-state index in [1.54, 1.807) is 0 Å². The van der Waals surface area contributed by atoms with Crippen molar-refractivity contribution in [3.8, 4) is 0 Å². The number of carbonyl (C=O) groups is 1. The summed E-state index contributed by atoms with van der Waals surface area (Å²) in [4.78, 5) is 17.0. The molecule has 0 aliphatic carbocycles. The second-order valence-corrected chi connectivity index (χ2v) is 9.42. The number of benzene rings is 1. The molecule has 28 heavy (non-hydrogen) atoms. The number of nitrogen functional groups attached to an aromatic ring is 1. The Balaban J connectivity index is 1.67. The molecule has 2 saturated heterocycles. The Hall–Kier alpha value is -1.91. The molecule has 0 radical (unpaired) electrons. The third-order valence-corrected chi connectivity index (χ3v) is 5.89. The lowest BCUT2D eigenvalue weighted by molar-refractivity contribution is -0.155. The molecule has 1 atom stereocenters. The molecule has 0 amide bonds. The summed E-state index contributed by atoms with van der Waals surface area (Å²) in [6.45, 7) is 12.3. The third kappa shape index (κ3) is 5.12. The Kier molecular flexibility index (Phi) is 6.41. The van der Waals surface area contributed by atoms with Crippen molar-refractivity contribution in [2.24, 2.45) is 5.92 Å². The van der Waals surface area contributed by atoms with Gasteiger partial charge in [-0.05, 0) is 83.4 Å². The van der Waals surface area contributed by atoms with E-state index < -0.39 is 5.60 Å². The normalized spacial score (nSPS) is 20.5. The van der Waals surface area contributed by atoms with Gasteiger partial charge in [0.1, 0.15) is 5.60 Å². The van der Waals surface area contributed by atoms with Crippen molar-refractivity contribution in [2.45, 2.75) is 71.8 Å². The Labute approximate surface area is 170 Å². The van der Waals surface area contributed by atoms with Crippen LogP contribution in [0.4, 0.5) is 17.1 Å². The van der Waals surface area contributed by atoms with Gasteiger partial charge >= 0.3 is 5.97 Å². The van der Waals surface area contributed by atoms with Crippen molar-refractivity contribution in [1.82, 2.24) is 0 Å². The minimum absolute atomic E-state index is 0.0867. The SMILES string of the molecule is Cc1c(N2CCCC2)ccc(N)c1N1CCC[C@@H](CCC(=O)OC(C)(C)C)C1. The maximum Gasteiger partial charge on any atom is 0.306 e. The maximum atomic E-state index is 12.1. The molecule has 5 heteroatoms. The first kappa shape index (κ1) is 20.8.